The van der Waals surface area contributed by atoms with Crippen molar-refractivity contribution in [3.63, 3.8) is 0 Å². The number of azide groups is 1. The van der Waals surface area contributed by atoms with Crippen molar-refractivity contribution in [2.45, 2.75) is 12.5 Å². The van der Waals surface area contributed by atoms with Gasteiger partial charge < -0.3 is 9.84 Å². The summed E-state index contributed by atoms with van der Waals surface area (Å²) in [6.07, 6.45) is -5.79. The van der Waals surface area contributed by atoms with Gasteiger partial charge in [0.25, 0.3) is 0 Å². The molecule has 17 heavy (non-hydrogen) atoms. The summed E-state index contributed by atoms with van der Waals surface area (Å²) < 4.78 is 39.2. The van der Waals surface area contributed by atoms with E-state index in [2.05, 4.69) is 14.8 Å². The Hall–Kier alpha value is -1.92. The lowest BCUT2D eigenvalue weighted by atomic mass is 10.1. The average molecular weight is 247 g/mol. The van der Waals surface area contributed by atoms with Gasteiger partial charge in [-0.2, -0.15) is 0 Å². The highest BCUT2D eigenvalue weighted by atomic mass is 19.4. The number of halogens is 3. The van der Waals surface area contributed by atoms with Crippen molar-refractivity contribution >= 4 is 0 Å². The van der Waals surface area contributed by atoms with E-state index in [1.54, 1.807) is 0 Å². The number of aliphatic hydroxyl groups excluding tert-OH is 1. The van der Waals surface area contributed by atoms with E-state index in [-0.39, 0.29) is 12.3 Å². The molecule has 92 valence electrons. The van der Waals surface area contributed by atoms with Crippen LogP contribution >= 0.6 is 0 Å². The number of hydrogen-bond acceptors (Lipinski definition) is 3. The van der Waals surface area contributed by atoms with Crippen LogP contribution in [0.1, 0.15) is 11.7 Å². The molecule has 5 nitrogen and oxygen atoms in total. The molecule has 0 aliphatic rings. The van der Waals surface area contributed by atoms with Crippen LogP contribution in [0.3, 0.4) is 0 Å². The van der Waals surface area contributed by atoms with Gasteiger partial charge in [0.05, 0.1) is 12.6 Å². The lowest BCUT2D eigenvalue weighted by molar-refractivity contribution is -0.274. The molecule has 1 N–H and O–H groups in total. The minimum absolute atomic E-state index is 0.185. The first-order valence-electron chi connectivity index (χ1n) is 4.47. The van der Waals surface area contributed by atoms with E-state index in [0.29, 0.717) is 5.56 Å². The Morgan fingerprint density at radius 3 is 2.41 bits per heavy atom. The second-order valence-electron chi connectivity index (χ2n) is 3.05. The van der Waals surface area contributed by atoms with Gasteiger partial charge in [-0.05, 0) is 23.2 Å². The largest absolute Gasteiger partial charge is 0.573 e. The molecule has 1 atom stereocenters. The summed E-state index contributed by atoms with van der Waals surface area (Å²) in [5.74, 6) is -0.378. The third-order valence-corrected chi connectivity index (χ3v) is 1.82. The van der Waals surface area contributed by atoms with E-state index < -0.39 is 12.5 Å². The summed E-state index contributed by atoms with van der Waals surface area (Å²) in [5, 5.41) is 12.6. The van der Waals surface area contributed by atoms with Crippen LogP contribution in [0.15, 0.2) is 29.4 Å². The van der Waals surface area contributed by atoms with Crippen molar-refractivity contribution in [1.82, 2.24) is 0 Å². The fourth-order valence-corrected chi connectivity index (χ4v) is 1.11. The van der Waals surface area contributed by atoms with E-state index in [1.165, 1.54) is 12.1 Å². The smallest absolute Gasteiger partial charge is 0.406 e. The van der Waals surface area contributed by atoms with Crippen LogP contribution in [0.4, 0.5) is 13.2 Å². The second-order valence-corrected chi connectivity index (χ2v) is 3.05. The Balaban J connectivity index is 2.70. The highest BCUT2D eigenvalue weighted by Crippen LogP contribution is 2.24. The summed E-state index contributed by atoms with van der Waals surface area (Å²) in [6.45, 7) is -0.185. The standard InChI is InChI=1S/C9H8F3N3O2/c10-9(11,12)17-7-3-1-6(2-4-7)8(16)5-14-15-13/h1-4,8,16H,5H2/t8-/m0/s1. The molecular formula is C9H8F3N3O2. The highest BCUT2D eigenvalue weighted by molar-refractivity contribution is 5.28. The number of hydrogen-bond donors (Lipinski definition) is 1. The van der Waals surface area contributed by atoms with Crippen molar-refractivity contribution in [1.29, 1.82) is 0 Å². The van der Waals surface area contributed by atoms with Gasteiger partial charge in [0.15, 0.2) is 0 Å². The molecule has 0 unspecified atom stereocenters. The molecule has 0 saturated carbocycles. The van der Waals surface area contributed by atoms with E-state index >= 15 is 0 Å². The van der Waals surface area contributed by atoms with Gasteiger partial charge in [-0.15, -0.1) is 13.2 Å². The molecule has 0 aliphatic heterocycles. The molecule has 0 heterocycles. The Morgan fingerprint density at radius 2 is 1.94 bits per heavy atom. The van der Waals surface area contributed by atoms with Crippen molar-refractivity contribution in [2.24, 2.45) is 5.11 Å². The monoisotopic (exact) mass is 247 g/mol. The molecule has 0 radical (unpaired) electrons. The van der Waals surface area contributed by atoms with E-state index in [9.17, 15) is 18.3 Å². The molecule has 0 fully saturated rings. The van der Waals surface area contributed by atoms with Gasteiger partial charge >= 0.3 is 6.36 Å². The van der Waals surface area contributed by atoms with Crippen LogP contribution in [0.2, 0.25) is 0 Å². The third-order valence-electron chi connectivity index (χ3n) is 1.82. The van der Waals surface area contributed by atoms with Gasteiger partial charge in [-0.25, -0.2) is 0 Å². The Labute approximate surface area is 94.1 Å². The number of rotatable bonds is 4. The summed E-state index contributed by atoms with van der Waals surface area (Å²) in [7, 11) is 0. The molecule has 0 saturated heterocycles. The first-order valence-corrected chi connectivity index (χ1v) is 4.47. The van der Waals surface area contributed by atoms with Crippen LogP contribution in [0.5, 0.6) is 5.75 Å². The predicted octanol–water partition coefficient (Wildman–Crippen LogP) is 2.93. The highest BCUT2D eigenvalue weighted by Gasteiger charge is 2.30. The maximum atomic E-state index is 11.8. The maximum absolute atomic E-state index is 11.8. The molecule has 8 heteroatoms. The van der Waals surface area contributed by atoms with Crippen molar-refractivity contribution < 1.29 is 23.0 Å². The molecule has 0 bridgehead atoms. The fraction of sp³-hybridized carbons (Fsp3) is 0.333. The number of ether oxygens (including phenoxy) is 1. The molecule has 0 amide bonds. The van der Waals surface area contributed by atoms with Crippen LogP contribution in [0, 0.1) is 0 Å². The summed E-state index contributed by atoms with van der Waals surface area (Å²) in [6, 6.07) is 4.67. The molecule has 1 aromatic carbocycles. The quantitative estimate of drug-likeness (QED) is 0.504. The normalized spacial score (nSPS) is 12.7. The Bertz CT molecular complexity index is 412. The van der Waals surface area contributed by atoms with E-state index in [4.69, 9.17) is 5.53 Å². The summed E-state index contributed by atoms with van der Waals surface area (Å²) in [4.78, 5) is 2.46. The summed E-state index contributed by atoms with van der Waals surface area (Å²) in [5.41, 5.74) is 8.38. The first kappa shape index (κ1) is 13.1. The van der Waals surface area contributed by atoms with Gasteiger partial charge in [0.2, 0.25) is 0 Å². The minimum Gasteiger partial charge on any atom is -0.406 e. The zero-order valence-electron chi connectivity index (χ0n) is 8.42. The topological polar surface area (TPSA) is 78.2 Å². The third kappa shape index (κ3) is 4.62. The SMILES string of the molecule is [N-]=[N+]=NC[C@H](O)c1ccc(OC(F)(F)F)cc1. The molecule has 1 aromatic rings. The van der Waals surface area contributed by atoms with Crippen molar-refractivity contribution in [2.75, 3.05) is 6.54 Å². The minimum atomic E-state index is -4.74. The lowest BCUT2D eigenvalue weighted by Gasteiger charge is -2.11. The fourth-order valence-electron chi connectivity index (χ4n) is 1.11. The first-order chi connectivity index (χ1) is 7.92. The van der Waals surface area contributed by atoms with Gasteiger partial charge in [-0.3, -0.25) is 0 Å². The number of alkyl halides is 3. The zero-order valence-corrected chi connectivity index (χ0v) is 8.42. The Morgan fingerprint density at radius 1 is 1.35 bits per heavy atom. The van der Waals surface area contributed by atoms with Gasteiger partial charge in [-0.1, -0.05) is 17.2 Å². The molecule has 0 aromatic heterocycles. The molecule has 1 rings (SSSR count). The van der Waals surface area contributed by atoms with Crippen molar-refractivity contribution in [3.05, 3.63) is 40.3 Å². The van der Waals surface area contributed by atoms with Crippen LogP contribution in [0.25, 0.3) is 10.4 Å². The molecule has 0 spiro atoms. The zero-order chi connectivity index (χ0) is 12.9. The predicted molar refractivity (Wildman–Crippen MR) is 52.1 cm³/mol. The van der Waals surface area contributed by atoms with E-state index in [0.717, 1.165) is 12.1 Å². The van der Waals surface area contributed by atoms with Gasteiger partial charge in [0, 0.05) is 4.91 Å². The van der Waals surface area contributed by atoms with Crippen LogP contribution < -0.4 is 4.74 Å². The van der Waals surface area contributed by atoms with Gasteiger partial charge in [0.1, 0.15) is 5.75 Å². The summed E-state index contributed by atoms with van der Waals surface area (Å²) >= 11 is 0. The average Bonchev–Trinajstić information content (AvgIpc) is 2.24. The van der Waals surface area contributed by atoms with Crippen LogP contribution in [-0.4, -0.2) is 18.0 Å². The number of nitrogens with zero attached hydrogens (tertiary/aromatic N) is 3. The van der Waals surface area contributed by atoms with Crippen molar-refractivity contribution in [3.8, 4) is 5.75 Å². The second kappa shape index (κ2) is 5.42. The van der Waals surface area contributed by atoms with Crippen LogP contribution in [-0.2, 0) is 0 Å². The number of aliphatic hydroxyl groups is 1. The molecule has 0 aliphatic carbocycles. The lowest BCUT2D eigenvalue weighted by Crippen LogP contribution is -2.17. The molecular weight excluding hydrogens is 239 g/mol. The number of benzene rings is 1. The van der Waals surface area contributed by atoms with E-state index in [1.807, 2.05) is 0 Å². The maximum Gasteiger partial charge on any atom is 0.573 e. The Kier molecular flexibility index (Phi) is 4.19.